The van der Waals surface area contributed by atoms with Crippen LogP contribution < -0.4 is 0 Å². The number of hydrogen-bond acceptors (Lipinski definition) is 3. The third-order valence-electron chi connectivity index (χ3n) is 3.40. The number of carbonyl (C=O) groups is 2. The topological polar surface area (TPSA) is 53.5 Å². The fourth-order valence-electron chi connectivity index (χ4n) is 2.21. The number of likely N-dealkylation sites (N-methyl/N-ethyl adjacent to an activating group) is 1. The van der Waals surface area contributed by atoms with Crippen molar-refractivity contribution in [3.63, 3.8) is 0 Å². The van der Waals surface area contributed by atoms with E-state index in [4.69, 9.17) is 0 Å². The average Bonchev–Trinajstić information content (AvgIpc) is 2.36. The Labute approximate surface area is 120 Å². The first-order valence-electron chi connectivity index (χ1n) is 6.03. The summed E-state index contributed by atoms with van der Waals surface area (Å²) in [5.41, 5.74) is -0.479. The molecule has 102 valence electrons. The van der Waals surface area contributed by atoms with E-state index in [0.29, 0.717) is 18.8 Å². The van der Waals surface area contributed by atoms with E-state index in [0.717, 1.165) is 4.47 Å². The molecule has 1 fully saturated rings. The van der Waals surface area contributed by atoms with Crippen LogP contribution in [0.25, 0.3) is 0 Å². The second-order valence-corrected chi connectivity index (χ2v) is 6.02. The minimum Gasteiger partial charge on any atom is -0.342 e. The smallest absolute Gasteiger partial charge is 0.273 e. The Hall–Kier alpha value is -1.43. The van der Waals surface area contributed by atoms with Crippen molar-refractivity contribution in [3.05, 3.63) is 28.5 Å². The summed E-state index contributed by atoms with van der Waals surface area (Å²) in [7, 11) is 1.75. The molecule has 0 atom stereocenters. The zero-order valence-electron chi connectivity index (χ0n) is 11.2. The maximum absolute atomic E-state index is 12.5. The van der Waals surface area contributed by atoms with Crippen molar-refractivity contribution in [3.8, 4) is 0 Å². The van der Waals surface area contributed by atoms with Crippen molar-refractivity contribution >= 4 is 27.7 Å². The molecular weight excluding hydrogens is 310 g/mol. The van der Waals surface area contributed by atoms with Crippen molar-refractivity contribution in [1.29, 1.82) is 0 Å². The highest BCUT2D eigenvalue weighted by atomic mass is 79.9. The third-order valence-corrected chi connectivity index (χ3v) is 3.86. The second-order valence-electron chi connectivity index (χ2n) is 5.10. The lowest BCUT2D eigenvalue weighted by atomic mass is 9.97. The molecule has 1 aliphatic heterocycles. The van der Waals surface area contributed by atoms with Crippen molar-refractivity contribution in [2.45, 2.75) is 19.4 Å². The van der Waals surface area contributed by atoms with Crippen molar-refractivity contribution in [2.75, 3.05) is 20.1 Å². The Balaban J connectivity index is 2.28. The van der Waals surface area contributed by atoms with Crippen molar-refractivity contribution < 1.29 is 9.59 Å². The number of rotatable bonds is 1. The molecule has 0 aromatic carbocycles. The van der Waals surface area contributed by atoms with E-state index < -0.39 is 5.54 Å². The van der Waals surface area contributed by atoms with Gasteiger partial charge in [-0.25, -0.2) is 4.98 Å². The van der Waals surface area contributed by atoms with Gasteiger partial charge in [-0.3, -0.25) is 9.59 Å². The van der Waals surface area contributed by atoms with E-state index in [-0.39, 0.29) is 11.8 Å². The predicted molar refractivity (Wildman–Crippen MR) is 74.7 cm³/mol. The number of pyridine rings is 1. The first kappa shape index (κ1) is 14.0. The fourth-order valence-corrected chi connectivity index (χ4v) is 2.44. The van der Waals surface area contributed by atoms with Crippen LogP contribution in [0, 0.1) is 0 Å². The summed E-state index contributed by atoms with van der Waals surface area (Å²) in [5, 5.41) is 0. The maximum Gasteiger partial charge on any atom is 0.273 e. The lowest BCUT2D eigenvalue weighted by Gasteiger charge is -2.44. The molecule has 0 N–H and O–H groups in total. The summed E-state index contributed by atoms with van der Waals surface area (Å²) in [5.74, 6) is -0.261. The summed E-state index contributed by atoms with van der Waals surface area (Å²) in [6.45, 7) is 4.60. The van der Waals surface area contributed by atoms with Gasteiger partial charge in [-0.1, -0.05) is 0 Å². The highest BCUT2D eigenvalue weighted by Gasteiger charge is 2.43. The predicted octanol–water partition coefficient (Wildman–Crippen LogP) is 1.54. The van der Waals surface area contributed by atoms with Gasteiger partial charge < -0.3 is 9.80 Å². The number of aromatic nitrogens is 1. The summed E-state index contributed by atoms with van der Waals surface area (Å²) >= 11 is 3.28. The highest BCUT2D eigenvalue weighted by Crippen LogP contribution is 2.23. The normalized spacial score (nSPS) is 18.6. The van der Waals surface area contributed by atoms with Crippen LogP contribution in [0.2, 0.25) is 0 Å². The van der Waals surface area contributed by atoms with Gasteiger partial charge in [0.1, 0.15) is 11.2 Å². The third kappa shape index (κ3) is 2.49. The number of hydrogen-bond donors (Lipinski definition) is 0. The van der Waals surface area contributed by atoms with E-state index in [1.807, 2.05) is 0 Å². The van der Waals surface area contributed by atoms with E-state index in [9.17, 15) is 9.59 Å². The summed E-state index contributed by atoms with van der Waals surface area (Å²) in [6.07, 6.45) is 1.58. The van der Waals surface area contributed by atoms with E-state index in [1.54, 1.807) is 49.0 Å². The molecule has 0 bridgehead atoms. The molecule has 2 heterocycles. The number of halogens is 1. The SMILES string of the molecule is CN1CCN(C(=O)c2ccc(Br)cn2)C(C)(C)C1=O. The molecule has 6 heteroatoms. The first-order valence-corrected chi connectivity index (χ1v) is 6.82. The minimum absolute atomic E-state index is 0.0517. The van der Waals surface area contributed by atoms with Gasteiger partial charge in [-0.2, -0.15) is 0 Å². The zero-order valence-corrected chi connectivity index (χ0v) is 12.8. The molecule has 0 radical (unpaired) electrons. The lowest BCUT2D eigenvalue weighted by Crippen LogP contribution is -2.63. The molecule has 1 aliphatic rings. The quantitative estimate of drug-likeness (QED) is 0.787. The van der Waals surface area contributed by atoms with Crippen molar-refractivity contribution in [2.24, 2.45) is 0 Å². The molecule has 0 aliphatic carbocycles. The van der Waals surface area contributed by atoms with E-state index >= 15 is 0 Å². The molecule has 1 saturated heterocycles. The molecule has 0 spiro atoms. The first-order chi connectivity index (χ1) is 8.84. The summed E-state index contributed by atoms with van der Waals surface area (Å²) in [6, 6.07) is 3.43. The van der Waals surface area contributed by atoms with Crippen LogP contribution in [-0.4, -0.2) is 52.3 Å². The minimum atomic E-state index is -0.834. The molecule has 5 nitrogen and oxygen atoms in total. The monoisotopic (exact) mass is 325 g/mol. The van der Waals surface area contributed by atoms with Crippen LogP contribution in [0.3, 0.4) is 0 Å². The van der Waals surface area contributed by atoms with Gasteiger partial charge in [-0.15, -0.1) is 0 Å². The molecule has 2 rings (SSSR count). The molecular formula is C13H16BrN3O2. The van der Waals surface area contributed by atoms with Gasteiger partial charge in [0.2, 0.25) is 5.91 Å². The zero-order chi connectivity index (χ0) is 14.2. The number of amides is 2. The van der Waals surface area contributed by atoms with Crippen LogP contribution in [0.5, 0.6) is 0 Å². The van der Waals surface area contributed by atoms with Gasteiger partial charge in [-0.05, 0) is 41.9 Å². The molecule has 19 heavy (non-hydrogen) atoms. The fraction of sp³-hybridized carbons (Fsp3) is 0.462. The molecule has 1 aromatic rings. The molecule has 2 amide bonds. The van der Waals surface area contributed by atoms with E-state index in [1.165, 1.54) is 0 Å². The van der Waals surface area contributed by atoms with Gasteiger partial charge >= 0.3 is 0 Å². The Morgan fingerprint density at radius 3 is 2.63 bits per heavy atom. The summed E-state index contributed by atoms with van der Waals surface area (Å²) in [4.78, 5) is 31.9. The summed E-state index contributed by atoms with van der Waals surface area (Å²) < 4.78 is 0.817. The van der Waals surface area contributed by atoms with Gasteiger partial charge in [0, 0.05) is 30.8 Å². The van der Waals surface area contributed by atoms with Crippen LogP contribution in [0.4, 0.5) is 0 Å². The Bertz CT molecular complexity index is 513. The number of piperazine rings is 1. The molecule has 0 unspecified atom stereocenters. The molecule has 0 saturated carbocycles. The van der Waals surface area contributed by atoms with E-state index in [2.05, 4.69) is 20.9 Å². The lowest BCUT2D eigenvalue weighted by molar-refractivity contribution is -0.144. The Morgan fingerprint density at radius 2 is 2.05 bits per heavy atom. The van der Waals surface area contributed by atoms with Crippen LogP contribution in [-0.2, 0) is 4.79 Å². The van der Waals surface area contributed by atoms with Gasteiger partial charge in [0.25, 0.3) is 5.91 Å². The number of carbonyl (C=O) groups excluding carboxylic acids is 2. The second kappa shape index (κ2) is 4.92. The van der Waals surface area contributed by atoms with Gasteiger partial charge in [0.05, 0.1) is 0 Å². The van der Waals surface area contributed by atoms with Gasteiger partial charge in [0.15, 0.2) is 0 Å². The van der Waals surface area contributed by atoms with Crippen LogP contribution in [0.15, 0.2) is 22.8 Å². The van der Waals surface area contributed by atoms with Crippen molar-refractivity contribution in [1.82, 2.24) is 14.8 Å². The Morgan fingerprint density at radius 1 is 1.37 bits per heavy atom. The number of nitrogens with zero attached hydrogens (tertiary/aromatic N) is 3. The van der Waals surface area contributed by atoms with Crippen LogP contribution >= 0.6 is 15.9 Å². The molecule has 1 aromatic heterocycles. The average molecular weight is 326 g/mol. The largest absolute Gasteiger partial charge is 0.342 e. The van der Waals surface area contributed by atoms with Crippen LogP contribution in [0.1, 0.15) is 24.3 Å². The Kier molecular flexibility index (Phi) is 3.62. The standard InChI is InChI=1S/C13H16BrN3O2/c1-13(2)12(19)16(3)6-7-17(13)11(18)10-5-4-9(14)8-15-10/h4-5,8H,6-7H2,1-3H3. The highest BCUT2D eigenvalue weighted by molar-refractivity contribution is 9.10. The maximum atomic E-state index is 12.5.